The number of anilines is 2. The summed E-state index contributed by atoms with van der Waals surface area (Å²) < 4.78 is 47.1. The van der Waals surface area contributed by atoms with Crippen molar-refractivity contribution >= 4 is 17.3 Å². The lowest BCUT2D eigenvalue weighted by atomic mass is 10.00. The highest BCUT2D eigenvalue weighted by Gasteiger charge is 2.38. The summed E-state index contributed by atoms with van der Waals surface area (Å²) in [7, 11) is 0. The molecule has 1 atom stereocenters. The van der Waals surface area contributed by atoms with E-state index in [-0.39, 0.29) is 17.5 Å². The Labute approximate surface area is 198 Å². The summed E-state index contributed by atoms with van der Waals surface area (Å²) in [5.41, 5.74) is 1.38. The molecule has 2 N–H and O–H groups in total. The van der Waals surface area contributed by atoms with Gasteiger partial charge in [-0.25, -0.2) is 4.98 Å². The molecule has 0 aliphatic carbocycles. The zero-order chi connectivity index (χ0) is 25.5. The number of aliphatic hydroxyl groups is 1. The summed E-state index contributed by atoms with van der Waals surface area (Å²) in [6.45, 7) is 5.78. The van der Waals surface area contributed by atoms with Crippen molar-refractivity contribution in [2.75, 3.05) is 5.32 Å². The quantitative estimate of drug-likeness (QED) is 0.416. The van der Waals surface area contributed by atoms with Crippen molar-refractivity contribution in [3.8, 4) is 17.6 Å². The molecule has 0 radical (unpaired) electrons. The lowest BCUT2D eigenvalue weighted by Gasteiger charge is -2.21. The third-order valence-corrected chi connectivity index (χ3v) is 5.23. The van der Waals surface area contributed by atoms with Crippen molar-refractivity contribution in [3.63, 3.8) is 0 Å². The highest BCUT2D eigenvalue weighted by molar-refractivity contribution is 5.64. The van der Waals surface area contributed by atoms with Gasteiger partial charge in [-0.15, -0.1) is 5.10 Å². The van der Waals surface area contributed by atoms with Gasteiger partial charge < -0.3 is 19.7 Å². The highest BCUT2D eigenvalue weighted by Crippen LogP contribution is 2.31. The number of benzene rings is 1. The van der Waals surface area contributed by atoms with Crippen molar-refractivity contribution < 1.29 is 23.0 Å². The first kappa shape index (κ1) is 24.0. The van der Waals surface area contributed by atoms with E-state index in [9.17, 15) is 23.5 Å². The zero-order valence-corrected chi connectivity index (χ0v) is 19.3. The number of nitriles is 1. The number of rotatable bonds is 6. The first-order valence-corrected chi connectivity index (χ1v) is 10.5. The van der Waals surface area contributed by atoms with Crippen LogP contribution < -0.4 is 10.1 Å². The molecule has 182 valence electrons. The number of nitrogens with zero attached hydrogens (tertiary/aromatic N) is 6. The van der Waals surface area contributed by atoms with Crippen LogP contribution >= 0.6 is 0 Å². The van der Waals surface area contributed by atoms with E-state index in [0.29, 0.717) is 22.5 Å². The number of hydrogen-bond donors (Lipinski definition) is 2. The molecular formula is C23H22F3N7O2. The molecule has 0 amide bonds. The fourth-order valence-electron chi connectivity index (χ4n) is 3.42. The van der Waals surface area contributed by atoms with Gasteiger partial charge in [0.05, 0.1) is 28.9 Å². The number of halogens is 3. The SMILES string of the molecule is Cc1cn(-c2ccc(Nc3nc4c(C(C)(C)O)ccc(OC(C)C(F)(F)F)n4n3)cc2C#N)cn1. The highest BCUT2D eigenvalue weighted by atomic mass is 19.4. The van der Waals surface area contributed by atoms with Gasteiger partial charge in [0.1, 0.15) is 6.07 Å². The van der Waals surface area contributed by atoms with Crippen molar-refractivity contribution in [2.45, 2.75) is 45.6 Å². The summed E-state index contributed by atoms with van der Waals surface area (Å²) in [6.07, 6.45) is -3.28. The predicted octanol–water partition coefficient (Wildman–Crippen LogP) is 4.40. The molecule has 1 unspecified atom stereocenters. The standard InChI is InChI=1S/C23H22F3N7O2/c1-13-11-32(12-28-13)18-7-5-16(9-15(18)10-27)29-21-30-20-17(22(3,4)34)6-8-19(33(20)31-21)35-14(2)23(24,25)26/h5-9,11-12,14,34H,1-4H3,(H,29,31). The van der Waals surface area contributed by atoms with Gasteiger partial charge >= 0.3 is 6.18 Å². The van der Waals surface area contributed by atoms with Crippen LogP contribution in [0.4, 0.5) is 24.8 Å². The van der Waals surface area contributed by atoms with Crippen LogP contribution in [-0.2, 0) is 5.60 Å². The van der Waals surface area contributed by atoms with Gasteiger partial charge in [-0.1, -0.05) is 0 Å². The van der Waals surface area contributed by atoms with Crippen LogP contribution in [0.1, 0.15) is 37.6 Å². The van der Waals surface area contributed by atoms with E-state index in [2.05, 4.69) is 26.5 Å². The average molecular weight is 485 g/mol. The van der Waals surface area contributed by atoms with E-state index in [4.69, 9.17) is 4.74 Å². The normalized spacial score (nSPS) is 13.0. The van der Waals surface area contributed by atoms with Gasteiger partial charge in [0, 0.05) is 23.5 Å². The topological polar surface area (TPSA) is 113 Å². The molecular weight excluding hydrogens is 463 g/mol. The summed E-state index contributed by atoms with van der Waals surface area (Å²) in [4.78, 5) is 8.53. The van der Waals surface area contributed by atoms with Gasteiger partial charge in [-0.3, -0.25) is 0 Å². The molecule has 0 aliphatic heterocycles. The number of nitrogens with one attached hydrogen (secondary N) is 1. The van der Waals surface area contributed by atoms with Crippen LogP contribution in [0.15, 0.2) is 42.9 Å². The van der Waals surface area contributed by atoms with Gasteiger partial charge in [0.25, 0.3) is 0 Å². The van der Waals surface area contributed by atoms with Crippen LogP contribution in [0.25, 0.3) is 11.3 Å². The van der Waals surface area contributed by atoms with E-state index in [1.807, 2.05) is 6.92 Å². The van der Waals surface area contributed by atoms with Gasteiger partial charge in [0.15, 0.2) is 11.8 Å². The second-order valence-corrected chi connectivity index (χ2v) is 8.51. The number of alkyl halides is 3. The molecule has 4 aromatic rings. The second kappa shape index (κ2) is 8.59. The Hall–Kier alpha value is -4.11. The summed E-state index contributed by atoms with van der Waals surface area (Å²) in [6, 6.07) is 9.91. The number of aryl methyl sites for hydroxylation is 1. The lowest BCUT2D eigenvalue weighted by Crippen LogP contribution is -2.32. The van der Waals surface area contributed by atoms with Crippen LogP contribution in [0, 0.1) is 18.3 Å². The van der Waals surface area contributed by atoms with E-state index in [1.54, 1.807) is 35.3 Å². The summed E-state index contributed by atoms with van der Waals surface area (Å²) in [5, 5.41) is 27.4. The number of imidazole rings is 1. The molecule has 12 heteroatoms. The Morgan fingerprint density at radius 1 is 1.20 bits per heavy atom. The number of ether oxygens (including phenoxy) is 1. The molecule has 9 nitrogen and oxygen atoms in total. The third-order valence-electron chi connectivity index (χ3n) is 5.23. The van der Waals surface area contributed by atoms with Crippen LogP contribution in [-0.4, -0.2) is 41.5 Å². The minimum atomic E-state index is -4.58. The van der Waals surface area contributed by atoms with Crippen molar-refractivity contribution in [1.82, 2.24) is 24.1 Å². The molecule has 0 saturated carbocycles. The van der Waals surface area contributed by atoms with E-state index in [0.717, 1.165) is 17.1 Å². The molecule has 0 bridgehead atoms. The minimum absolute atomic E-state index is 0.0429. The summed E-state index contributed by atoms with van der Waals surface area (Å²) in [5.74, 6) is -0.150. The maximum atomic E-state index is 13.1. The first-order valence-electron chi connectivity index (χ1n) is 10.5. The van der Waals surface area contributed by atoms with E-state index >= 15 is 0 Å². The van der Waals surface area contributed by atoms with Crippen molar-refractivity contribution in [2.24, 2.45) is 0 Å². The predicted molar refractivity (Wildman–Crippen MR) is 121 cm³/mol. The van der Waals surface area contributed by atoms with Crippen LogP contribution in [0.3, 0.4) is 0 Å². The lowest BCUT2D eigenvalue weighted by molar-refractivity contribution is -0.190. The fourth-order valence-corrected chi connectivity index (χ4v) is 3.42. The molecule has 0 saturated heterocycles. The van der Waals surface area contributed by atoms with E-state index < -0.39 is 17.9 Å². The van der Waals surface area contributed by atoms with Crippen molar-refractivity contribution in [3.05, 3.63) is 59.7 Å². The molecule has 0 spiro atoms. The Kier molecular flexibility index (Phi) is 5.90. The third kappa shape index (κ3) is 4.90. The molecule has 3 aromatic heterocycles. The van der Waals surface area contributed by atoms with E-state index in [1.165, 1.54) is 26.0 Å². The monoisotopic (exact) mass is 485 g/mol. The molecule has 35 heavy (non-hydrogen) atoms. The molecule has 0 fully saturated rings. The maximum Gasteiger partial charge on any atom is 0.425 e. The fraction of sp³-hybridized carbons (Fsp3) is 0.304. The van der Waals surface area contributed by atoms with Crippen molar-refractivity contribution in [1.29, 1.82) is 5.26 Å². The Balaban J connectivity index is 1.73. The number of aromatic nitrogens is 5. The Morgan fingerprint density at radius 2 is 1.94 bits per heavy atom. The van der Waals surface area contributed by atoms with Crippen LogP contribution in [0.5, 0.6) is 5.88 Å². The van der Waals surface area contributed by atoms with Gasteiger partial charge in [-0.05, 0) is 52.0 Å². The van der Waals surface area contributed by atoms with Gasteiger partial charge in [0.2, 0.25) is 11.8 Å². The Morgan fingerprint density at radius 3 is 2.54 bits per heavy atom. The molecule has 4 rings (SSSR count). The van der Waals surface area contributed by atoms with Gasteiger partial charge in [-0.2, -0.15) is 27.9 Å². The minimum Gasteiger partial charge on any atom is -0.465 e. The Bertz CT molecular complexity index is 1430. The average Bonchev–Trinajstić information content (AvgIpc) is 3.38. The second-order valence-electron chi connectivity index (χ2n) is 8.51. The molecule has 1 aromatic carbocycles. The number of pyridine rings is 1. The smallest absolute Gasteiger partial charge is 0.425 e. The largest absolute Gasteiger partial charge is 0.465 e. The number of fused-ring (bicyclic) bond motifs is 1. The number of hydrogen-bond acceptors (Lipinski definition) is 7. The van der Waals surface area contributed by atoms with Crippen LogP contribution in [0.2, 0.25) is 0 Å². The zero-order valence-electron chi connectivity index (χ0n) is 19.3. The molecule has 3 heterocycles. The first-order chi connectivity index (χ1) is 16.4. The molecule has 0 aliphatic rings. The summed E-state index contributed by atoms with van der Waals surface area (Å²) >= 11 is 0. The maximum absolute atomic E-state index is 13.1.